The van der Waals surface area contributed by atoms with E-state index in [1.807, 2.05) is 84.9 Å². The molecule has 1 fully saturated rings. The Balaban J connectivity index is 1.84. The number of amidine groups is 1. The van der Waals surface area contributed by atoms with Gasteiger partial charge in [0.05, 0.1) is 17.1 Å². The first kappa shape index (κ1) is 17.6. The van der Waals surface area contributed by atoms with Crippen LogP contribution in [0.3, 0.4) is 0 Å². The number of carbonyl (C=O) groups excluding carboxylic acids is 1. The highest BCUT2D eigenvalue weighted by Gasteiger charge is 2.41. The summed E-state index contributed by atoms with van der Waals surface area (Å²) in [7, 11) is 0. The maximum absolute atomic E-state index is 13.2. The van der Waals surface area contributed by atoms with Crippen LogP contribution in [0.25, 0.3) is 0 Å². The quantitative estimate of drug-likeness (QED) is 0.522. The minimum Gasteiger partial charge on any atom is -0.266 e. The summed E-state index contributed by atoms with van der Waals surface area (Å²) < 4.78 is 0.950. The summed E-state index contributed by atoms with van der Waals surface area (Å²) in [4.78, 5) is 21.1. The number of carbonyl (C=O) groups is 1. The first-order chi connectivity index (χ1) is 13.1. The first-order valence-electron chi connectivity index (χ1n) is 8.28. The molecule has 0 saturated carbocycles. The van der Waals surface area contributed by atoms with Gasteiger partial charge in [0.15, 0.2) is 5.11 Å². The van der Waals surface area contributed by atoms with Crippen LogP contribution in [-0.2, 0) is 4.79 Å². The van der Waals surface area contributed by atoms with Gasteiger partial charge in [-0.1, -0.05) is 52.3 Å². The number of hydrogen-bond donors (Lipinski definition) is 0. The molecule has 0 N–H and O–H groups in total. The van der Waals surface area contributed by atoms with E-state index < -0.39 is 0 Å². The van der Waals surface area contributed by atoms with E-state index in [0.29, 0.717) is 10.8 Å². The lowest BCUT2D eigenvalue weighted by Gasteiger charge is -2.19. The van der Waals surface area contributed by atoms with Gasteiger partial charge in [-0.15, -0.1) is 0 Å². The molecule has 0 bridgehead atoms. The van der Waals surface area contributed by atoms with E-state index >= 15 is 0 Å². The second-order valence-electron chi connectivity index (χ2n) is 5.84. The monoisotopic (exact) mass is 435 g/mol. The van der Waals surface area contributed by atoms with E-state index in [0.717, 1.165) is 15.8 Å². The zero-order valence-corrected chi connectivity index (χ0v) is 16.5. The topological polar surface area (TPSA) is 35.9 Å². The number of rotatable bonds is 3. The summed E-state index contributed by atoms with van der Waals surface area (Å²) in [6, 6.07) is 26.4. The van der Waals surface area contributed by atoms with Crippen LogP contribution < -0.4 is 9.80 Å². The number of aliphatic imine (C=N–C) groups is 1. The molecule has 1 amide bonds. The van der Waals surface area contributed by atoms with E-state index in [9.17, 15) is 4.79 Å². The molecule has 0 radical (unpaired) electrons. The highest BCUT2D eigenvalue weighted by atomic mass is 79.9. The van der Waals surface area contributed by atoms with Crippen LogP contribution in [0, 0.1) is 0 Å². The minimum absolute atomic E-state index is 0.252. The van der Waals surface area contributed by atoms with Gasteiger partial charge in [-0.3, -0.25) is 9.69 Å². The molecular formula is C21H14BrN3OS. The average molecular weight is 436 g/mol. The molecule has 6 heteroatoms. The third-order valence-electron chi connectivity index (χ3n) is 4.08. The molecule has 1 saturated heterocycles. The molecule has 3 aromatic rings. The molecule has 0 atom stereocenters. The van der Waals surface area contributed by atoms with Crippen LogP contribution in [-0.4, -0.2) is 16.9 Å². The number of halogens is 1. The fraction of sp³-hybridized carbons (Fsp3) is 0. The van der Waals surface area contributed by atoms with Crippen LogP contribution in [0.15, 0.2) is 94.4 Å². The summed E-state index contributed by atoms with van der Waals surface area (Å²) >= 11 is 9.07. The Labute approximate surface area is 170 Å². The van der Waals surface area contributed by atoms with Crippen molar-refractivity contribution in [2.45, 2.75) is 0 Å². The first-order valence-corrected chi connectivity index (χ1v) is 9.48. The van der Waals surface area contributed by atoms with E-state index in [-0.39, 0.29) is 11.7 Å². The fourth-order valence-electron chi connectivity index (χ4n) is 2.82. The zero-order chi connectivity index (χ0) is 18.8. The van der Waals surface area contributed by atoms with Crippen molar-refractivity contribution in [2.75, 3.05) is 9.80 Å². The van der Waals surface area contributed by atoms with Crippen LogP contribution in [0.4, 0.5) is 17.1 Å². The number of benzene rings is 3. The standard InChI is InChI=1S/C21H14BrN3OS/c22-15-11-13-16(14-12-15)23-19-20(26)25(18-9-5-2-6-10-18)21(27)24(19)17-7-3-1-4-8-17/h1-14H. The van der Waals surface area contributed by atoms with Crippen molar-refractivity contribution in [1.82, 2.24) is 0 Å². The molecule has 3 aromatic carbocycles. The Morgan fingerprint density at radius 3 is 1.81 bits per heavy atom. The van der Waals surface area contributed by atoms with Gasteiger partial charge in [-0.05, 0) is 60.7 Å². The highest BCUT2D eigenvalue weighted by Crippen LogP contribution is 2.29. The SMILES string of the molecule is O=C1C(=Nc2ccc(Br)cc2)N(c2ccccc2)C(=S)N1c1ccccc1. The average Bonchev–Trinajstić information content (AvgIpc) is 2.95. The molecular weight excluding hydrogens is 422 g/mol. The Morgan fingerprint density at radius 1 is 0.741 bits per heavy atom. The predicted molar refractivity (Wildman–Crippen MR) is 117 cm³/mol. The number of nitrogens with zero attached hydrogens (tertiary/aromatic N) is 3. The summed E-state index contributed by atoms with van der Waals surface area (Å²) in [5, 5.41) is 0.383. The third kappa shape index (κ3) is 3.41. The lowest BCUT2D eigenvalue weighted by Crippen LogP contribution is -2.33. The summed E-state index contributed by atoms with van der Waals surface area (Å²) in [5.74, 6) is 0.0235. The number of para-hydroxylation sites is 2. The number of anilines is 2. The van der Waals surface area contributed by atoms with Crippen molar-refractivity contribution >= 4 is 62.1 Å². The van der Waals surface area contributed by atoms with Gasteiger partial charge < -0.3 is 0 Å². The van der Waals surface area contributed by atoms with Crippen LogP contribution in [0.2, 0.25) is 0 Å². The molecule has 27 heavy (non-hydrogen) atoms. The smallest absolute Gasteiger partial charge is 0.266 e. The number of thiocarbonyl (C=S) groups is 1. The summed E-state index contributed by atoms with van der Waals surface area (Å²) in [6.45, 7) is 0. The maximum Gasteiger partial charge on any atom is 0.301 e. The largest absolute Gasteiger partial charge is 0.301 e. The normalized spacial score (nSPS) is 15.7. The molecule has 1 aliphatic rings. The van der Waals surface area contributed by atoms with Crippen molar-refractivity contribution in [3.8, 4) is 0 Å². The number of hydrogen-bond acceptors (Lipinski definition) is 3. The zero-order valence-electron chi connectivity index (χ0n) is 14.1. The van der Waals surface area contributed by atoms with E-state index in [4.69, 9.17) is 12.2 Å². The number of amides is 1. The van der Waals surface area contributed by atoms with Gasteiger partial charge in [0.25, 0.3) is 0 Å². The van der Waals surface area contributed by atoms with Gasteiger partial charge >= 0.3 is 5.91 Å². The Morgan fingerprint density at radius 2 is 1.26 bits per heavy atom. The van der Waals surface area contributed by atoms with Crippen molar-refractivity contribution in [3.63, 3.8) is 0 Å². The molecule has 4 nitrogen and oxygen atoms in total. The molecule has 132 valence electrons. The van der Waals surface area contributed by atoms with E-state index in [2.05, 4.69) is 20.9 Å². The van der Waals surface area contributed by atoms with Crippen LogP contribution in [0.1, 0.15) is 0 Å². The summed E-state index contributed by atoms with van der Waals surface area (Å²) in [5.41, 5.74) is 2.19. The van der Waals surface area contributed by atoms with Gasteiger partial charge in [-0.2, -0.15) is 0 Å². The van der Waals surface area contributed by atoms with Gasteiger partial charge in [-0.25, -0.2) is 9.89 Å². The Bertz CT molecular complexity index is 1020. The molecule has 0 unspecified atom stereocenters. The summed E-state index contributed by atoms with van der Waals surface area (Å²) in [6.07, 6.45) is 0. The molecule has 4 rings (SSSR count). The molecule has 0 aromatic heterocycles. The van der Waals surface area contributed by atoms with Crippen molar-refractivity contribution in [3.05, 3.63) is 89.4 Å². The van der Waals surface area contributed by atoms with Gasteiger partial charge in [0.1, 0.15) is 0 Å². The van der Waals surface area contributed by atoms with Gasteiger partial charge in [0, 0.05) is 4.47 Å². The van der Waals surface area contributed by atoms with Crippen LogP contribution in [0.5, 0.6) is 0 Å². The Kier molecular flexibility index (Phi) is 4.83. The second-order valence-corrected chi connectivity index (χ2v) is 7.12. The van der Waals surface area contributed by atoms with Crippen LogP contribution >= 0.6 is 28.1 Å². The lowest BCUT2D eigenvalue weighted by molar-refractivity contribution is -0.111. The highest BCUT2D eigenvalue weighted by molar-refractivity contribution is 9.10. The molecule has 1 aliphatic heterocycles. The van der Waals surface area contributed by atoms with E-state index in [1.165, 1.54) is 4.90 Å². The van der Waals surface area contributed by atoms with Crippen molar-refractivity contribution in [1.29, 1.82) is 0 Å². The predicted octanol–water partition coefficient (Wildman–Crippen LogP) is 5.32. The maximum atomic E-state index is 13.2. The van der Waals surface area contributed by atoms with Crippen molar-refractivity contribution in [2.24, 2.45) is 4.99 Å². The molecule has 1 heterocycles. The van der Waals surface area contributed by atoms with Gasteiger partial charge in [0.2, 0.25) is 5.84 Å². The molecule has 0 aliphatic carbocycles. The van der Waals surface area contributed by atoms with E-state index in [1.54, 1.807) is 4.90 Å². The fourth-order valence-corrected chi connectivity index (χ4v) is 3.47. The second kappa shape index (κ2) is 7.42. The Hall–Kier alpha value is -2.83. The van der Waals surface area contributed by atoms with Crippen molar-refractivity contribution < 1.29 is 4.79 Å². The minimum atomic E-state index is -0.252. The molecule has 0 spiro atoms. The third-order valence-corrected chi connectivity index (χ3v) is 4.97. The lowest BCUT2D eigenvalue weighted by atomic mass is 10.3.